The Balaban J connectivity index is 2.56. The van der Waals surface area contributed by atoms with Crippen molar-refractivity contribution in [3.8, 4) is 0 Å². The van der Waals surface area contributed by atoms with E-state index in [1.807, 2.05) is 0 Å². The van der Waals surface area contributed by atoms with Crippen LogP contribution in [0, 0.1) is 5.41 Å². The van der Waals surface area contributed by atoms with E-state index in [-0.39, 0.29) is 0 Å². The molecule has 0 atom stereocenters. The zero-order valence-electron chi connectivity index (χ0n) is 6.73. The van der Waals surface area contributed by atoms with Gasteiger partial charge < -0.3 is 0 Å². The van der Waals surface area contributed by atoms with Crippen molar-refractivity contribution in [3.63, 3.8) is 0 Å². The molecule has 3 heteroatoms. The third kappa shape index (κ3) is 1.70. The van der Waals surface area contributed by atoms with Crippen LogP contribution in [0.15, 0.2) is 0 Å². The molecule has 0 bridgehead atoms. The van der Waals surface area contributed by atoms with E-state index >= 15 is 0 Å². The molecule has 1 rings (SSSR count). The van der Waals surface area contributed by atoms with Crippen molar-refractivity contribution in [3.05, 3.63) is 0 Å². The maximum Gasteiger partial charge on any atom is 0.354 e. The van der Waals surface area contributed by atoms with Crippen LogP contribution in [0.4, 0.5) is 4.53 Å². The van der Waals surface area contributed by atoms with Crippen molar-refractivity contribution in [2.75, 3.05) is 0 Å². The van der Waals surface area contributed by atoms with E-state index in [0.717, 1.165) is 32.1 Å². The number of carbonyl (C=O) groups excluding carboxylic acids is 1. The molecule has 0 amide bonds. The van der Waals surface area contributed by atoms with Crippen LogP contribution in [0.2, 0.25) is 0 Å². The van der Waals surface area contributed by atoms with Crippen LogP contribution >= 0.6 is 0 Å². The van der Waals surface area contributed by atoms with E-state index in [1.54, 1.807) is 6.92 Å². The minimum absolute atomic E-state index is 0.549. The van der Waals surface area contributed by atoms with Crippen molar-refractivity contribution >= 4 is 5.97 Å². The third-order valence-electron chi connectivity index (χ3n) is 2.52. The van der Waals surface area contributed by atoms with E-state index < -0.39 is 11.4 Å². The monoisotopic (exact) mass is 160 g/mol. The Labute approximate surface area is 65.6 Å². The van der Waals surface area contributed by atoms with Gasteiger partial charge in [-0.1, -0.05) is 19.3 Å². The van der Waals surface area contributed by atoms with Gasteiger partial charge in [-0.15, -0.1) is 0 Å². The number of carbonyl (C=O) groups is 1. The quantitative estimate of drug-likeness (QED) is 0.588. The van der Waals surface area contributed by atoms with Gasteiger partial charge >= 0.3 is 5.97 Å². The van der Waals surface area contributed by atoms with Crippen LogP contribution in [0.25, 0.3) is 0 Å². The molecule has 0 aromatic carbocycles. The van der Waals surface area contributed by atoms with Gasteiger partial charge in [-0.2, -0.15) is 0 Å². The van der Waals surface area contributed by atoms with Gasteiger partial charge in [0.2, 0.25) is 0 Å². The molecule has 0 aromatic heterocycles. The molecular formula is C8H13FO2. The van der Waals surface area contributed by atoms with Gasteiger partial charge in [0.1, 0.15) is 0 Å². The van der Waals surface area contributed by atoms with Crippen molar-refractivity contribution < 1.29 is 14.3 Å². The molecular weight excluding hydrogens is 147 g/mol. The molecule has 0 N–H and O–H groups in total. The van der Waals surface area contributed by atoms with Crippen molar-refractivity contribution in [2.24, 2.45) is 5.41 Å². The topological polar surface area (TPSA) is 26.3 Å². The number of hydrogen-bond donors (Lipinski definition) is 0. The summed E-state index contributed by atoms with van der Waals surface area (Å²) in [5.74, 6) is -0.697. The summed E-state index contributed by atoms with van der Waals surface area (Å²) in [6, 6.07) is 0. The van der Waals surface area contributed by atoms with Gasteiger partial charge in [-0.3, -0.25) is 4.94 Å². The highest BCUT2D eigenvalue weighted by Gasteiger charge is 2.36. The summed E-state index contributed by atoms with van der Waals surface area (Å²) in [5.41, 5.74) is -0.549. The Hall–Kier alpha value is -0.600. The number of halogens is 1. The molecule has 0 aromatic rings. The van der Waals surface area contributed by atoms with Gasteiger partial charge in [0.15, 0.2) is 0 Å². The first-order valence-electron chi connectivity index (χ1n) is 4.02. The highest BCUT2D eigenvalue weighted by atomic mass is 19.3. The minimum atomic E-state index is -0.697. The molecule has 11 heavy (non-hydrogen) atoms. The molecule has 0 aliphatic heterocycles. The average molecular weight is 160 g/mol. The molecule has 2 nitrogen and oxygen atoms in total. The fourth-order valence-corrected chi connectivity index (χ4v) is 1.63. The van der Waals surface area contributed by atoms with Gasteiger partial charge in [0, 0.05) is 4.53 Å². The van der Waals surface area contributed by atoms with Crippen LogP contribution in [0.1, 0.15) is 39.0 Å². The van der Waals surface area contributed by atoms with Gasteiger partial charge in [0.05, 0.1) is 5.41 Å². The lowest BCUT2D eigenvalue weighted by atomic mass is 9.76. The van der Waals surface area contributed by atoms with E-state index in [9.17, 15) is 9.32 Å². The Morgan fingerprint density at radius 2 is 1.91 bits per heavy atom. The largest absolute Gasteiger partial charge is 0.354 e. The Morgan fingerprint density at radius 3 is 2.36 bits per heavy atom. The van der Waals surface area contributed by atoms with Crippen molar-refractivity contribution in [1.82, 2.24) is 0 Å². The lowest BCUT2D eigenvalue weighted by molar-refractivity contribution is -0.197. The van der Waals surface area contributed by atoms with Crippen molar-refractivity contribution in [1.29, 1.82) is 0 Å². The van der Waals surface area contributed by atoms with E-state index in [0.29, 0.717) is 0 Å². The van der Waals surface area contributed by atoms with Crippen LogP contribution < -0.4 is 0 Å². The molecule has 0 heterocycles. The van der Waals surface area contributed by atoms with Gasteiger partial charge in [0.25, 0.3) is 0 Å². The second-order valence-electron chi connectivity index (χ2n) is 3.49. The van der Waals surface area contributed by atoms with Crippen molar-refractivity contribution in [2.45, 2.75) is 39.0 Å². The maximum absolute atomic E-state index is 11.6. The zero-order valence-corrected chi connectivity index (χ0v) is 6.73. The number of hydrogen-bond acceptors (Lipinski definition) is 2. The molecule has 0 spiro atoms. The first-order chi connectivity index (χ1) is 5.19. The first-order valence-corrected chi connectivity index (χ1v) is 4.02. The zero-order chi connectivity index (χ0) is 8.32. The molecule has 1 fully saturated rings. The average Bonchev–Trinajstić information content (AvgIpc) is 2.04. The number of rotatable bonds is 1. The highest BCUT2D eigenvalue weighted by molar-refractivity contribution is 5.75. The summed E-state index contributed by atoms with van der Waals surface area (Å²) in [6.45, 7) is 1.77. The van der Waals surface area contributed by atoms with E-state index in [1.165, 1.54) is 0 Å². The maximum atomic E-state index is 11.6. The van der Waals surface area contributed by atoms with Gasteiger partial charge in [-0.05, 0) is 19.8 Å². The van der Waals surface area contributed by atoms with E-state index in [4.69, 9.17) is 0 Å². The predicted molar refractivity (Wildman–Crippen MR) is 38.4 cm³/mol. The normalized spacial score (nSPS) is 22.7. The Kier molecular flexibility index (Phi) is 2.47. The van der Waals surface area contributed by atoms with Crippen LogP contribution in [-0.4, -0.2) is 5.97 Å². The molecule has 1 aliphatic rings. The van der Waals surface area contributed by atoms with Crippen LogP contribution in [-0.2, 0) is 9.74 Å². The molecule has 0 unspecified atom stereocenters. The summed E-state index contributed by atoms with van der Waals surface area (Å²) in [7, 11) is 0. The predicted octanol–water partition coefficient (Wildman–Crippen LogP) is 2.38. The van der Waals surface area contributed by atoms with Crippen LogP contribution in [0.3, 0.4) is 0 Å². The minimum Gasteiger partial charge on any atom is -0.254 e. The summed E-state index contributed by atoms with van der Waals surface area (Å²) < 4.78 is 11.6. The summed E-state index contributed by atoms with van der Waals surface area (Å²) in [6.07, 6.45) is 4.68. The smallest absolute Gasteiger partial charge is 0.254 e. The SMILES string of the molecule is CC1(C(=O)OF)CCCCC1. The molecule has 1 aliphatic carbocycles. The standard InChI is InChI=1S/C8H13FO2/c1-8(7(10)11-9)5-3-2-4-6-8/h2-6H2,1H3. The summed E-state index contributed by atoms with van der Waals surface area (Å²) >= 11 is 0. The molecule has 64 valence electrons. The summed E-state index contributed by atoms with van der Waals surface area (Å²) in [5, 5.41) is 0. The highest BCUT2D eigenvalue weighted by Crippen LogP contribution is 2.36. The van der Waals surface area contributed by atoms with E-state index in [2.05, 4.69) is 4.94 Å². The lowest BCUT2D eigenvalue weighted by Gasteiger charge is -2.28. The second kappa shape index (κ2) is 3.20. The van der Waals surface area contributed by atoms with Crippen LogP contribution in [0.5, 0.6) is 0 Å². The third-order valence-corrected chi connectivity index (χ3v) is 2.52. The summed E-state index contributed by atoms with van der Waals surface area (Å²) in [4.78, 5) is 14.1. The molecule has 0 radical (unpaired) electrons. The Bertz CT molecular complexity index is 150. The molecule has 1 saturated carbocycles. The first kappa shape index (κ1) is 8.50. The van der Waals surface area contributed by atoms with Gasteiger partial charge in [-0.25, -0.2) is 4.79 Å². The molecule has 0 saturated heterocycles. The fourth-order valence-electron chi connectivity index (χ4n) is 1.63. The fraction of sp³-hybridized carbons (Fsp3) is 0.875. The second-order valence-corrected chi connectivity index (χ2v) is 3.49. The lowest BCUT2D eigenvalue weighted by Crippen LogP contribution is -2.30. The Morgan fingerprint density at radius 1 is 1.36 bits per heavy atom.